The van der Waals surface area contributed by atoms with Crippen LogP contribution in [0.2, 0.25) is 5.02 Å². The van der Waals surface area contributed by atoms with Crippen LogP contribution < -0.4 is 10.1 Å². The van der Waals surface area contributed by atoms with Crippen LogP contribution in [0.4, 0.5) is 10.1 Å². The van der Waals surface area contributed by atoms with Crippen LogP contribution in [0.1, 0.15) is 25.5 Å². The standard InChI is InChI=1S/C16H17ClFNO2/c1-3-21-16-7-4-11(8-14(16)17)19-10(2)13-6-5-12(20)9-15(13)18/h4-10,19-20H,3H2,1-2H3. The molecule has 0 aliphatic carbocycles. The average Bonchev–Trinajstić information content (AvgIpc) is 2.41. The number of phenols is 1. The summed E-state index contributed by atoms with van der Waals surface area (Å²) in [5, 5.41) is 12.9. The van der Waals surface area contributed by atoms with Gasteiger partial charge in [0.1, 0.15) is 17.3 Å². The zero-order chi connectivity index (χ0) is 15.4. The molecule has 0 bridgehead atoms. The minimum atomic E-state index is -0.452. The summed E-state index contributed by atoms with van der Waals surface area (Å²) < 4.78 is 19.2. The first kappa shape index (κ1) is 15.4. The van der Waals surface area contributed by atoms with Gasteiger partial charge in [-0.2, -0.15) is 0 Å². The first-order chi connectivity index (χ1) is 10.0. The van der Waals surface area contributed by atoms with E-state index >= 15 is 0 Å². The highest BCUT2D eigenvalue weighted by molar-refractivity contribution is 6.32. The summed E-state index contributed by atoms with van der Waals surface area (Å²) in [6, 6.07) is 9.18. The molecule has 0 aliphatic heterocycles. The Kier molecular flexibility index (Phi) is 4.91. The molecule has 0 aliphatic rings. The second-order valence-electron chi connectivity index (χ2n) is 4.65. The van der Waals surface area contributed by atoms with Gasteiger partial charge in [0, 0.05) is 17.3 Å². The predicted octanol–water partition coefficient (Wildman–Crippen LogP) is 4.76. The van der Waals surface area contributed by atoms with Crippen LogP contribution in [0.5, 0.6) is 11.5 Å². The Labute approximate surface area is 128 Å². The molecule has 0 heterocycles. The van der Waals surface area contributed by atoms with E-state index in [1.54, 1.807) is 18.2 Å². The van der Waals surface area contributed by atoms with Crippen LogP contribution in [0.15, 0.2) is 36.4 Å². The first-order valence-electron chi connectivity index (χ1n) is 6.68. The van der Waals surface area contributed by atoms with Crippen LogP contribution in [0.3, 0.4) is 0 Å². The van der Waals surface area contributed by atoms with Gasteiger partial charge in [0.05, 0.1) is 17.7 Å². The Balaban J connectivity index is 2.15. The van der Waals surface area contributed by atoms with E-state index < -0.39 is 5.82 Å². The van der Waals surface area contributed by atoms with Crippen molar-refractivity contribution in [2.45, 2.75) is 19.9 Å². The van der Waals surface area contributed by atoms with Crippen molar-refractivity contribution in [2.75, 3.05) is 11.9 Å². The molecule has 5 heteroatoms. The fourth-order valence-electron chi connectivity index (χ4n) is 2.06. The van der Waals surface area contributed by atoms with Crippen LogP contribution in [-0.2, 0) is 0 Å². The van der Waals surface area contributed by atoms with E-state index in [4.69, 9.17) is 16.3 Å². The van der Waals surface area contributed by atoms with Gasteiger partial charge in [-0.15, -0.1) is 0 Å². The second kappa shape index (κ2) is 6.68. The molecule has 0 spiro atoms. The summed E-state index contributed by atoms with van der Waals surface area (Å²) in [4.78, 5) is 0. The van der Waals surface area contributed by atoms with Crippen LogP contribution >= 0.6 is 11.6 Å². The van der Waals surface area contributed by atoms with E-state index in [0.717, 1.165) is 11.8 Å². The molecule has 2 aromatic rings. The van der Waals surface area contributed by atoms with Crippen molar-refractivity contribution in [2.24, 2.45) is 0 Å². The quantitative estimate of drug-likeness (QED) is 0.837. The van der Waals surface area contributed by atoms with Crippen molar-refractivity contribution in [3.8, 4) is 11.5 Å². The van der Waals surface area contributed by atoms with Gasteiger partial charge < -0.3 is 15.2 Å². The molecule has 3 nitrogen and oxygen atoms in total. The Morgan fingerprint density at radius 3 is 2.67 bits per heavy atom. The number of benzene rings is 2. The summed E-state index contributed by atoms with van der Waals surface area (Å²) in [6.07, 6.45) is 0. The fraction of sp³-hybridized carbons (Fsp3) is 0.250. The third-order valence-corrected chi connectivity index (χ3v) is 3.36. The highest BCUT2D eigenvalue weighted by Crippen LogP contribution is 2.30. The van der Waals surface area contributed by atoms with Gasteiger partial charge >= 0.3 is 0 Å². The van der Waals surface area contributed by atoms with Gasteiger partial charge in [-0.05, 0) is 38.1 Å². The minimum absolute atomic E-state index is 0.0902. The molecule has 1 unspecified atom stereocenters. The van der Waals surface area contributed by atoms with Crippen molar-refractivity contribution in [3.63, 3.8) is 0 Å². The third-order valence-electron chi connectivity index (χ3n) is 3.07. The van der Waals surface area contributed by atoms with Crippen molar-refractivity contribution in [1.82, 2.24) is 0 Å². The summed E-state index contributed by atoms with van der Waals surface area (Å²) in [7, 11) is 0. The molecular formula is C16H17ClFNO2. The van der Waals surface area contributed by atoms with Crippen molar-refractivity contribution in [3.05, 3.63) is 52.8 Å². The number of hydrogen-bond donors (Lipinski definition) is 2. The number of nitrogens with one attached hydrogen (secondary N) is 1. The van der Waals surface area contributed by atoms with Crippen molar-refractivity contribution in [1.29, 1.82) is 0 Å². The monoisotopic (exact) mass is 309 g/mol. The lowest BCUT2D eigenvalue weighted by atomic mass is 10.1. The van der Waals surface area contributed by atoms with E-state index in [-0.39, 0.29) is 11.8 Å². The predicted molar refractivity (Wildman–Crippen MR) is 82.7 cm³/mol. The highest BCUT2D eigenvalue weighted by atomic mass is 35.5. The van der Waals surface area contributed by atoms with Crippen molar-refractivity contribution < 1.29 is 14.2 Å². The summed E-state index contributed by atoms with van der Waals surface area (Å²) in [5.41, 5.74) is 1.24. The van der Waals surface area contributed by atoms with E-state index in [1.165, 1.54) is 6.07 Å². The maximum absolute atomic E-state index is 13.8. The Bertz CT molecular complexity index is 634. The van der Waals surface area contributed by atoms with Gasteiger partial charge in [-0.25, -0.2) is 4.39 Å². The zero-order valence-corrected chi connectivity index (χ0v) is 12.6. The minimum Gasteiger partial charge on any atom is -0.508 e. The Morgan fingerprint density at radius 1 is 1.29 bits per heavy atom. The molecule has 2 N–H and O–H groups in total. The van der Waals surface area contributed by atoms with Gasteiger partial charge in [-0.3, -0.25) is 0 Å². The van der Waals surface area contributed by atoms with Gasteiger partial charge in [0.2, 0.25) is 0 Å². The van der Waals surface area contributed by atoms with Crippen LogP contribution in [0, 0.1) is 5.82 Å². The van der Waals surface area contributed by atoms with E-state index in [9.17, 15) is 9.50 Å². The number of aromatic hydroxyl groups is 1. The number of halogens is 2. The normalized spacial score (nSPS) is 12.0. The number of hydrogen-bond acceptors (Lipinski definition) is 3. The van der Waals surface area contributed by atoms with Crippen molar-refractivity contribution >= 4 is 17.3 Å². The summed E-state index contributed by atoms with van der Waals surface area (Å²) in [6.45, 7) is 4.26. The van der Waals surface area contributed by atoms with Crippen LogP contribution in [-0.4, -0.2) is 11.7 Å². The summed E-state index contributed by atoms with van der Waals surface area (Å²) >= 11 is 6.12. The van der Waals surface area contributed by atoms with E-state index in [1.807, 2.05) is 19.9 Å². The SMILES string of the molecule is CCOc1ccc(NC(C)c2ccc(O)cc2F)cc1Cl. The molecule has 0 saturated heterocycles. The maximum atomic E-state index is 13.8. The lowest BCUT2D eigenvalue weighted by Gasteiger charge is -2.17. The molecule has 2 rings (SSSR count). The second-order valence-corrected chi connectivity index (χ2v) is 5.06. The third kappa shape index (κ3) is 3.79. The lowest BCUT2D eigenvalue weighted by Crippen LogP contribution is -2.08. The molecule has 2 aromatic carbocycles. The van der Waals surface area contributed by atoms with Crippen LogP contribution in [0.25, 0.3) is 0 Å². The lowest BCUT2D eigenvalue weighted by molar-refractivity contribution is 0.340. The highest BCUT2D eigenvalue weighted by Gasteiger charge is 2.12. The zero-order valence-electron chi connectivity index (χ0n) is 11.9. The Morgan fingerprint density at radius 2 is 2.05 bits per heavy atom. The molecule has 0 radical (unpaired) electrons. The molecule has 112 valence electrons. The van der Waals surface area contributed by atoms with Gasteiger partial charge in [0.25, 0.3) is 0 Å². The Hall–Kier alpha value is -1.94. The largest absolute Gasteiger partial charge is 0.508 e. The molecule has 0 amide bonds. The number of ether oxygens (including phenoxy) is 1. The molecule has 21 heavy (non-hydrogen) atoms. The topological polar surface area (TPSA) is 41.5 Å². The summed E-state index contributed by atoms with van der Waals surface area (Å²) in [5.74, 6) is 0.0766. The molecule has 1 atom stereocenters. The van der Waals surface area contributed by atoms with E-state index in [2.05, 4.69) is 5.32 Å². The van der Waals surface area contributed by atoms with Gasteiger partial charge in [0.15, 0.2) is 0 Å². The molecule has 0 saturated carbocycles. The van der Waals surface area contributed by atoms with E-state index in [0.29, 0.717) is 22.9 Å². The number of rotatable bonds is 5. The first-order valence-corrected chi connectivity index (χ1v) is 7.06. The fourth-order valence-corrected chi connectivity index (χ4v) is 2.29. The number of anilines is 1. The number of phenolic OH excluding ortho intramolecular Hbond substituents is 1. The average molecular weight is 310 g/mol. The smallest absolute Gasteiger partial charge is 0.138 e. The molecular weight excluding hydrogens is 293 g/mol. The van der Waals surface area contributed by atoms with Gasteiger partial charge in [-0.1, -0.05) is 17.7 Å². The molecule has 0 fully saturated rings. The maximum Gasteiger partial charge on any atom is 0.138 e. The molecule has 0 aromatic heterocycles.